The summed E-state index contributed by atoms with van der Waals surface area (Å²) in [5.74, 6) is 1.06. The lowest BCUT2D eigenvalue weighted by Crippen LogP contribution is -2.26. The van der Waals surface area contributed by atoms with E-state index in [-0.39, 0.29) is 6.61 Å². The van der Waals surface area contributed by atoms with Crippen molar-refractivity contribution < 1.29 is 5.11 Å². The number of benzene rings is 1. The van der Waals surface area contributed by atoms with Crippen LogP contribution >= 0.6 is 0 Å². The standard InChI is InChI=1S/C16H23N3O/c1-13(6-8-19-9-7-17-14(19)2)18-11-15-4-3-5-16(10-15)12-20/h3-5,7,9-10,13,18,20H,6,8,11-12H2,1-2H3. The molecule has 1 aromatic carbocycles. The Kier molecular flexibility index (Phi) is 5.32. The second-order valence-corrected chi connectivity index (χ2v) is 5.22. The SMILES string of the molecule is Cc1nccn1CCC(C)NCc1cccc(CO)c1. The highest BCUT2D eigenvalue weighted by atomic mass is 16.3. The van der Waals surface area contributed by atoms with Crippen LogP contribution in [0.5, 0.6) is 0 Å². The number of hydrogen-bond acceptors (Lipinski definition) is 3. The molecule has 0 amide bonds. The molecule has 0 radical (unpaired) electrons. The molecule has 4 heteroatoms. The van der Waals surface area contributed by atoms with Crippen LogP contribution in [0.15, 0.2) is 36.7 Å². The Morgan fingerprint density at radius 1 is 1.35 bits per heavy atom. The predicted octanol–water partition coefficient (Wildman–Crippen LogP) is 2.25. The number of aryl methyl sites for hydroxylation is 2. The second-order valence-electron chi connectivity index (χ2n) is 5.22. The molecular formula is C16H23N3O. The average Bonchev–Trinajstić information content (AvgIpc) is 2.88. The monoisotopic (exact) mass is 273 g/mol. The molecule has 0 spiro atoms. The van der Waals surface area contributed by atoms with E-state index in [0.29, 0.717) is 6.04 Å². The van der Waals surface area contributed by atoms with Crippen molar-refractivity contribution >= 4 is 0 Å². The summed E-state index contributed by atoms with van der Waals surface area (Å²) in [5, 5.41) is 12.6. The van der Waals surface area contributed by atoms with Gasteiger partial charge in [-0.1, -0.05) is 24.3 Å². The van der Waals surface area contributed by atoms with Gasteiger partial charge < -0.3 is 15.0 Å². The van der Waals surface area contributed by atoms with Gasteiger partial charge in [-0.25, -0.2) is 4.98 Å². The molecule has 2 rings (SSSR count). The molecule has 0 aliphatic rings. The minimum atomic E-state index is 0.100. The number of hydrogen-bond donors (Lipinski definition) is 2. The first kappa shape index (κ1) is 14.8. The normalized spacial score (nSPS) is 12.6. The maximum Gasteiger partial charge on any atom is 0.105 e. The highest BCUT2D eigenvalue weighted by molar-refractivity contribution is 5.22. The van der Waals surface area contributed by atoms with Crippen LogP contribution in [-0.2, 0) is 19.7 Å². The third kappa shape index (κ3) is 4.18. The highest BCUT2D eigenvalue weighted by Gasteiger charge is 2.04. The van der Waals surface area contributed by atoms with Crippen molar-refractivity contribution in [2.24, 2.45) is 0 Å². The van der Waals surface area contributed by atoms with Gasteiger partial charge in [0.1, 0.15) is 5.82 Å². The fourth-order valence-electron chi connectivity index (χ4n) is 2.20. The average molecular weight is 273 g/mol. The van der Waals surface area contributed by atoms with Gasteiger partial charge in [0, 0.05) is 31.5 Å². The zero-order valence-corrected chi connectivity index (χ0v) is 12.2. The molecule has 0 aliphatic carbocycles. The van der Waals surface area contributed by atoms with E-state index in [1.807, 2.05) is 37.5 Å². The largest absolute Gasteiger partial charge is 0.392 e. The molecule has 0 saturated carbocycles. The Morgan fingerprint density at radius 2 is 2.15 bits per heavy atom. The van der Waals surface area contributed by atoms with Gasteiger partial charge in [0.15, 0.2) is 0 Å². The molecule has 1 heterocycles. The lowest BCUT2D eigenvalue weighted by Gasteiger charge is -2.15. The number of rotatable bonds is 7. The summed E-state index contributed by atoms with van der Waals surface area (Å²) in [6.45, 7) is 6.14. The molecule has 2 aromatic rings. The third-order valence-corrected chi connectivity index (χ3v) is 3.56. The van der Waals surface area contributed by atoms with E-state index in [1.165, 1.54) is 5.56 Å². The van der Waals surface area contributed by atoms with E-state index < -0.39 is 0 Å². The topological polar surface area (TPSA) is 50.1 Å². The van der Waals surface area contributed by atoms with Gasteiger partial charge >= 0.3 is 0 Å². The smallest absolute Gasteiger partial charge is 0.105 e. The summed E-state index contributed by atoms with van der Waals surface area (Å²) < 4.78 is 2.17. The van der Waals surface area contributed by atoms with Gasteiger partial charge in [-0.05, 0) is 31.4 Å². The van der Waals surface area contributed by atoms with Crippen LogP contribution < -0.4 is 5.32 Å². The molecule has 0 fully saturated rings. The van der Waals surface area contributed by atoms with Crippen LogP contribution in [0.2, 0.25) is 0 Å². The molecule has 1 aromatic heterocycles. The summed E-state index contributed by atoms with van der Waals surface area (Å²) in [4.78, 5) is 4.23. The number of aromatic nitrogens is 2. The van der Waals surface area contributed by atoms with Gasteiger partial charge in [-0.2, -0.15) is 0 Å². The molecule has 108 valence electrons. The molecule has 4 nitrogen and oxygen atoms in total. The zero-order valence-electron chi connectivity index (χ0n) is 12.2. The third-order valence-electron chi connectivity index (χ3n) is 3.56. The number of imidazole rings is 1. The number of nitrogens with one attached hydrogen (secondary N) is 1. The molecule has 1 atom stereocenters. The fourth-order valence-corrected chi connectivity index (χ4v) is 2.20. The lowest BCUT2D eigenvalue weighted by atomic mass is 10.1. The molecule has 0 bridgehead atoms. The van der Waals surface area contributed by atoms with Crippen LogP contribution in [0.4, 0.5) is 0 Å². The van der Waals surface area contributed by atoms with E-state index in [2.05, 4.69) is 27.9 Å². The van der Waals surface area contributed by atoms with Crippen molar-refractivity contribution in [1.29, 1.82) is 0 Å². The molecule has 0 aliphatic heterocycles. The molecule has 20 heavy (non-hydrogen) atoms. The quantitative estimate of drug-likeness (QED) is 0.813. The maximum atomic E-state index is 9.13. The Labute approximate surface area is 120 Å². The van der Waals surface area contributed by atoms with Crippen LogP contribution in [-0.4, -0.2) is 20.7 Å². The Morgan fingerprint density at radius 3 is 2.85 bits per heavy atom. The first-order chi connectivity index (χ1) is 9.69. The lowest BCUT2D eigenvalue weighted by molar-refractivity contribution is 0.281. The van der Waals surface area contributed by atoms with Crippen molar-refractivity contribution in [2.45, 2.75) is 46.0 Å². The summed E-state index contributed by atoms with van der Waals surface area (Å²) in [5.41, 5.74) is 2.17. The fraction of sp³-hybridized carbons (Fsp3) is 0.438. The van der Waals surface area contributed by atoms with Crippen molar-refractivity contribution in [1.82, 2.24) is 14.9 Å². The first-order valence-corrected chi connectivity index (χ1v) is 7.09. The van der Waals surface area contributed by atoms with Crippen molar-refractivity contribution in [3.8, 4) is 0 Å². The zero-order chi connectivity index (χ0) is 14.4. The maximum absolute atomic E-state index is 9.13. The number of nitrogens with zero attached hydrogens (tertiary/aromatic N) is 2. The Balaban J connectivity index is 1.77. The summed E-state index contributed by atoms with van der Waals surface area (Å²) in [6, 6.07) is 8.49. The van der Waals surface area contributed by atoms with Crippen molar-refractivity contribution in [3.05, 3.63) is 53.6 Å². The summed E-state index contributed by atoms with van der Waals surface area (Å²) in [7, 11) is 0. The van der Waals surface area contributed by atoms with Crippen molar-refractivity contribution in [3.63, 3.8) is 0 Å². The number of aliphatic hydroxyl groups excluding tert-OH is 1. The molecule has 2 N–H and O–H groups in total. The van der Waals surface area contributed by atoms with Crippen LogP contribution in [0.3, 0.4) is 0 Å². The number of aliphatic hydroxyl groups is 1. The van der Waals surface area contributed by atoms with Crippen LogP contribution in [0.25, 0.3) is 0 Å². The van der Waals surface area contributed by atoms with Gasteiger partial charge in [0.2, 0.25) is 0 Å². The minimum absolute atomic E-state index is 0.100. The van der Waals surface area contributed by atoms with E-state index in [9.17, 15) is 0 Å². The van der Waals surface area contributed by atoms with Crippen molar-refractivity contribution in [2.75, 3.05) is 0 Å². The highest BCUT2D eigenvalue weighted by Crippen LogP contribution is 2.06. The summed E-state index contributed by atoms with van der Waals surface area (Å²) in [6.07, 6.45) is 4.93. The van der Waals surface area contributed by atoms with Crippen LogP contribution in [0, 0.1) is 6.92 Å². The van der Waals surface area contributed by atoms with Gasteiger partial charge in [-0.15, -0.1) is 0 Å². The second kappa shape index (κ2) is 7.22. The predicted molar refractivity (Wildman–Crippen MR) is 80.2 cm³/mol. The minimum Gasteiger partial charge on any atom is -0.392 e. The first-order valence-electron chi connectivity index (χ1n) is 7.09. The molecule has 1 unspecified atom stereocenters. The van der Waals surface area contributed by atoms with E-state index in [0.717, 1.165) is 30.9 Å². The van der Waals surface area contributed by atoms with E-state index >= 15 is 0 Å². The van der Waals surface area contributed by atoms with E-state index in [1.54, 1.807) is 0 Å². The molecule has 0 saturated heterocycles. The van der Waals surface area contributed by atoms with E-state index in [4.69, 9.17) is 5.11 Å². The summed E-state index contributed by atoms with van der Waals surface area (Å²) >= 11 is 0. The Hall–Kier alpha value is -1.65. The van der Waals surface area contributed by atoms with Gasteiger partial charge in [-0.3, -0.25) is 0 Å². The Bertz CT molecular complexity index is 536. The van der Waals surface area contributed by atoms with Gasteiger partial charge in [0.05, 0.1) is 6.61 Å². The van der Waals surface area contributed by atoms with Crippen LogP contribution in [0.1, 0.15) is 30.3 Å². The van der Waals surface area contributed by atoms with Gasteiger partial charge in [0.25, 0.3) is 0 Å². The molecular weight excluding hydrogens is 250 g/mol.